The summed E-state index contributed by atoms with van der Waals surface area (Å²) in [5, 5.41) is 0. The van der Waals surface area contributed by atoms with Crippen LogP contribution < -0.4 is 16.2 Å². The Morgan fingerprint density at radius 1 is 0.905 bits per heavy atom. The third kappa shape index (κ3) is 6.21. The Hall–Kier alpha value is -2.20. The van der Waals surface area contributed by atoms with Crippen LogP contribution in [0.15, 0.2) is 53.6 Å². The molecule has 0 spiro atoms. The van der Waals surface area contributed by atoms with Gasteiger partial charge in [-0.05, 0) is 122 Å². The molecule has 0 bridgehead atoms. The van der Waals surface area contributed by atoms with E-state index in [0.29, 0.717) is 58.4 Å². The fourth-order valence-electron chi connectivity index (χ4n) is 9.06. The van der Waals surface area contributed by atoms with Gasteiger partial charge in [0.2, 0.25) is 0 Å². The van der Waals surface area contributed by atoms with E-state index in [1.165, 1.54) is 38.5 Å². The van der Waals surface area contributed by atoms with Crippen molar-refractivity contribution >= 4 is 11.4 Å². The van der Waals surface area contributed by atoms with E-state index in [-0.39, 0.29) is 0 Å². The van der Waals surface area contributed by atoms with Crippen LogP contribution in [0.4, 0.5) is 11.4 Å². The average molecular weight is 575 g/mol. The van der Waals surface area contributed by atoms with E-state index >= 15 is 0 Å². The first-order valence-corrected chi connectivity index (χ1v) is 17.0. The van der Waals surface area contributed by atoms with E-state index in [9.17, 15) is 0 Å². The van der Waals surface area contributed by atoms with Gasteiger partial charge in [-0.15, -0.1) is 0 Å². The molecule has 3 fully saturated rings. The molecular formula is C38H58N2O2. The molecule has 42 heavy (non-hydrogen) atoms. The van der Waals surface area contributed by atoms with Gasteiger partial charge < -0.3 is 20.9 Å². The lowest BCUT2D eigenvalue weighted by molar-refractivity contribution is -0.000115. The fourth-order valence-corrected chi connectivity index (χ4v) is 9.06. The van der Waals surface area contributed by atoms with Crippen molar-refractivity contribution in [3.05, 3.63) is 53.6 Å². The number of allylic oxidation sites excluding steroid dienone is 5. The first-order chi connectivity index (χ1) is 20.0. The molecule has 5 unspecified atom stereocenters. The number of hydrogen-bond donors (Lipinski definition) is 2. The van der Waals surface area contributed by atoms with Gasteiger partial charge in [0.25, 0.3) is 0 Å². The SMILES string of the molecule is CC(/C=C/[C@H](C)C(C)C)C1CCC2C3=CC=C4CC(OCCCCOc5ccc(N)cc5N)CC[C@@]4(C)C3CC[C@@]21C. The number of hydrogen-bond acceptors (Lipinski definition) is 4. The number of nitrogen functional groups attached to an aromatic ring is 2. The quantitative estimate of drug-likeness (QED) is 0.157. The summed E-state index contributed by atoms with van der Waals surface area (Å²) >= 11 is 0. The maximum absolute atomic E-state index is 6.42. The summed E-state index contributed by atoms with van der Waals surface area (Å²) in [6.07, 6.45) is 21.5. The molecular weight excluding hydrogens is 516 g/mol. The molecule has 0 heterocycles. The molecule has 0 saturated heterocycles. The van der Waals surface area contributed by atoms with Crippen LogP contribution in [0.3, 0.4) is 0 Å². The van der Waals surface area contributed by atoms with Crippen LogP contribution >= 0.6 is 0 Å². The van der Waals surface area contributed by atoms with Gasteiger partial charge in [-0.25, -0.2) is 0 Å². The molecule has 3 saturated carbocycles. The molecule has 232 valence electrons. The van der Waals surface area contributed by atoms with Gasteiger partial charge in [0.15, 0.2) is 0 Å². The van der Waals surface area contributed by atoms with E-state index in [2.05, 4.69) is 65.8 Å². The summed E-state index contributed by atoms with van der Waals surface area (Å²) in [5.74, 6) is 5.04. The fraction of sp³-hybridized carbons (Fsp3) is 0.684. The summed E-state index contributed by atoms with van der Waals surface area (Å²) < 4.78 is 12.3. The van der Waals surface area contributed by atoms with Crippen molar-refractivity contribution in [2.24, 2.45) is 46.3 Å². The lowest BCUT2D eigenvalue weighted by Crippen LogP contribution is -2.46. The minimum Gasteiger partial charge on any atom is -0.491 e. The summed E-state index contributed by atoms with van der Waals surface area (Å²) in [6, 6.07) is 5.43. The predicted octanol–water partition coefficient (Wildman–Crippen LogP) is 9.38. The Bertz CT molecular complexity index is 1180. The van der Waals surface area contributed by atoms with Gasteiger partial charge >= 0.3 is 0 Å². The van der Waals surface area contributed by atoms with Crippen molar-refractivity contribution in [1.82, 2.24) is 0 Å². The van der Waals surface area contributed by atoms with Crippen LogP contribution in [0.5, 0.6) is 5.75 Å². The normalized spacial score (nSPS) is 33.9. The summed E-state index contributed by atoms with van der Waals surface area (Å²) in [5.41, 5.74) is 17.2. The third-order valence-corrected chi connectivity index (χ3v) is 12.2. The zero-order valence-corrected chi connectivity index (χ0v) is 27.3. The molecule has 0 aromatic heterocycles. The molecule has 4 aliphatic rings. The number of nitrogens with two attached hydrogens (primary N) is 2. The van der Waals surface area contributed by atoms with E-state index in [1.807, 2.05) is 12.1 Å². The van der Waals surface area contributed by atoms with Crippen molar-refractivity contribution in [3.8, 4) is 5.75 Å². The molecule has 4 nitrogen and oxygen atoms in total. The third-order valence-electron chi connectivity index (χ3n) is 12.2. The number of anilines is 2. The van der Waals surface area contributed by atoms with E-state index in [1.54, 1.807) is 17.2 Å². The van der Waals surface area contributed by atoms with E-state index in [4.69, 9.17) is 20.9 Å². The van der Waals surface area contributed by atoms with Crippen molar-refractivity contribution in [3.63, 3.8) is 0 Å². The summed E-state index contributed by atoms with van der Waals surface area (Å²) in [4.78, 5) is 0. The first-order valence-electron chi connectivity index (χ1n) is 17.0. The Labute approximate surface area is 256 Å². The van der Waals surface area contributed by atoms with Crippen LogP contribution in [0.1, 0.15) is 99.3 Å². The number of rotatable bonds is 11. The minimum atomic E-state index is 0.314. The van der Waals surface area contributed by atoms with Crippen LogP contribution in [-0.4, -0.2) is 19.3 Å². The molecule has 0 aliphatic heterocycles. The molecule has 4 N–H and O–H groups in total. The summed E-state index contributed by atoms with van der Waals surface area (Å²) in [7, 11) is 0. The van der Waals surface area contributed by atoms with Gasteiger partial charge in [0.05, 0.1) is 18.4 Å². The highest BCUT2D eigenvalue weighted by atomic mass is 16.5. The van der Waals surface area contributed by atoms with Crippen molar-refractivity contribution in [2.75, 3.05) is 24.7 Å². The number of unbranched alkanes of at least 4 members (excludes halogenated alkanes) is 1. The Balaban J connectivity index is 1.14. The van der Waals surface area contributed by atoms with Gasteiger partial charge in [-0.1, -0.05) is 77.0 Å². The van der Waals surface area contributed by atoms with E-state index in [0.717, 1.165) is 43.6 Å². The largest absolute Gasteiger partial charge is 0.491 e. The Morgan fingerprint density at radius 2 is 1.69 bits per heavy atom. The predicted molar refractivity (Wildman–Crippen MR) is 177 cm³/mol. The van der Waals surface area contributed by atoms with Gasteiger partial charge in [-0.3, -0.25) is 0 Å². The Kier molecular flexibility index (Phi) is 9.52. The topological polar surface area (TPSA) is 70.5 Å². The van der Waals surface area contributed by atoms with Crippen molar-refractivity contribution < 1.29 is 9.47 Å². The second kappa shape index (κ2) is 12.8. The molecule has 8 atom stereocenters. The Morgan fingerprint density at radius 3 is 2.45 bits per heavy atom. The van der Waals surface area contributed by atoms with Crippen LogP contribution in [0.25, 0.3) is 0 Å². The lowest BCUT2D eigenvalue weighted by atomic mass is 9.50. The monoisotopic (exact) mass is 574 g/mol. The maximum Gasteiger partial charge on any atom is 0.142 e. The number of benzene rings is 1. The smallest absolute Gasteiger partial charge is 0.142 e. The maximum atomic E-state index is 6.42. The van der Waals surface area contributed by atoms with Crippen LogP contribution in [0.2, 0.25) is 0 Å². The molecule has 0 amide bonds. The van der Waals surface area contributed by atoms with Crippen LogP contribution in [-0.2, 0) is 4.74 Å². The highest BCUT2D eigenvalue weighted by molar-refractivity contribution is 5.60. The standard InChI is InChI=1S/C38H58N2O2/c1-25(2)26(3)9-10-27(4)32-14-15-33-31-13-11-28-23-30(17-19-37(28,5)34(31)18-20-38(32,33)6)41-21-7-8-22-42-36-16-12-29(39)24-35(36)40/h9-13,16,24-27,30,32-34H,7-8,14-15,17-23,39-40H2,1-6H3/b10-9+/t26-,27?,30?,32?,33?,34?,37+,38+/m0/s1. The van der Waals surface area contributed by atoms with Gasteiger partial charge in [0, 0.05) is 12.3 Å². The second-order valence-electron chi connectivity index (χ2n) is 15.0. The summed E-state index contributed by atoms with van der Waals surface area (Å²) in [6.45, 7) is 16.2. The van der Waals surface area contributed by atoms with E-state index < -0.39 is 0 Å². The number of ether oxygens (including phenoxy) is 2. The zero-order chi connectivity index (χ0) is 30.1. The molecule has 4 heteroatoms. The minimum absolute atomic E-state index is 0.314. The van der Waals surface area contributed by atoms with Crippen molar-refractivity contribution in [1.29, 1.82) is 0 Å². The second-order valence-corrected chi connectivity index (χ2v) is 15.0. The van der Waals surface area contributed by atoms with Crippen LogP contribution in [0, 0.1) is 46.3 Å². The molecule has 1 aromatic rings. The molecule has 4 aliphatic carbocycles. The molecule has 5 rings (SSSR count). The molecule has 1 aromatic carbocycles. The average Bonchev–Trinajstić information content (AvgIpc) is 3.31. The van der Waals surface area contributed by atoms with Gasteiger partial charge in [-0.2, -0.15) is 0 Å². The highest BCUT2D eigenvalue weighted by Crippen LogP contribution is 2.66. The van der Waals surface area contributed by atoms with Crippen molar-refractivity contribution in [2.45, 2.75) is 105 Å². The zero-order valence-electron chi connectivity index (χ0n) is 27.3. The number of fused-ring (bicyclic) bond motifs is 5. The van der Waals surface area contributed by atoms with Gasteiger partial charge in [0.1, 0.15) is 5.75 Å². The lowest BCUT2D eigenvalue weighted by Gasteiger charge is -2.55. The molecule has 0 radical (unpaired) electrons. The first kappa shape index (κ1) is 31.2. The highest BCUT2D eigenvalue weighted by Gasteiger charge is 2.56.